The highest BCUT2D eigenvalue weighted by Crippen LogP contribution is 2.18. The van der Waals surface area contributed by atoms with Crippen LogP contribution in [0.3, 0.4) is 0 Å². The predicted octanol–water partition coefficient (Wildman–Crippen LogP) is 0.939. The van der Waals surface area contributed by atoms with Crippen molar-refractivity contribution in [3.8, 4) is 11.6 Å². The SMILES string of the molecule is CCn1ccc(C(=O)Nc2nnc(-c3ccnn3C)o2)n1. The quantitative estimate of drug-likeness (QED) is 0.765. The predicted molar refractivity (Wildman–Crippen MR) is 72.4 cm³/mol. The number of carbonyl (C=O) groups is 1. The van der Waals surface area contributed by atoms with Crippen LogP contribution in [0.25, 0.3) is 11.6 Å². The van der Waals surface area contributed by atoms with Crippen molar-refractivity contribution >= 4 is 11.9 Å². The maximum Gasteiger partial charge on any atom is 0.322 e. The van der Waals surface area contributed by atoms with Gasteiger partial charge < -0.3 is 4.42 Å². The lowest BCUT2D eigenvalue weighted by Gasteiger charge is -1.97. The van der Waals surface area contributed by atoms with Gasteiger partial charge in [0.25, 0.3) is 11.8 Å². The van der Waals surface area contributed by atoms with Gasteiger partial charge in [-0.25, -0.2) is 0 Å². The maximum atomic E-state index is 12.0. The Bertz CT molecular complexity index is 770. The fourth-order valence-electron chi connectivity index (χ4n) is 1.78. The van der Waals surface area contributed by atoms with Crippen molar-refractivity contribution in [1.82, 2.24) is 29.8 Å². The molecule has 0 fully saturated rings. The lowest BCUT2D eigenvalue weighted by Crippen LogP contribution is -2.13. The summed E-state index contributed by atoms with van der Waals surface area (Å²) in [6.07, 6.45) is 3.35. The van der Waals surface area contributed by atoms with Gasteiger partial charge >= 0.3 is 6.01 Å². The zero-order chi connectivity index (χ0) is 14.8. The Hall–Kier alpha value is -2.97. The van der Waals surface area contributed by atoms with Crippen LogP contribution < -0.4 is 5.32 Å². The molecule has 0 aliphatic carbocycles. The molecule has 9 heteroatoms. The molecule has 1 N–H and O–H groups in total. The highest BCUT2D eigenvalue weighted by atomic mass is 16.4. The van der Waals surface area contributed by atoms with Gasteiger partial charge in [0, 0.05) is 26.0 Å². The van der Waals surface area contributed by atoms with E-state index in [1.54, 1.807) is 40.9 Å². The number of aromatic nitrogens is 6. The van der Waals surface area contributed by atoms with E-state index in [2.05, 4.69) is 25.7 Å². The molecule has 0 saturated carbocycles. The number of carbonyl (C=O) groups excluding carboxylic acids is 1. The third kappa shape index (κ3) is 2.53. The largest absolute Gasteiger partial charge is 0.401 e. The molecule has 108 valence electrons. The molecule has 0 bridgehead atoms. The average Bonchev–Trinajstić information content (AvgIpc) is 3.18. The summed E-state index contributed by atoms with van der Waals surface area (Å²) in [6.45, 7) is 2.63. The molecule has 3 heterocycles. The summed E-state index contributed by atoms with van der Waals surface area (Å²) in [4.78, 5) is 12.0. The summed E-state index contributed by atoms with van der Waals surface area (Å²) in [5, 5.41) is 18.3. The standard InChI is InChI=1S/C12H13N7O2/c1-3-19-7-5-8(17-19)10(20)14-12-16-15-11(21-12)9-4-6-13-18(9)2/h4-7H,3H2,1-2H3,(H,14,16,20). The van der Waals surface area contributed by atoms with Gasteiger partial charge in [0.05, 0.1) is 0 Å². The number of nitrogens with zero attached hydrogens (tertiary/aromatic N) is 6. The van der Waals surface area contributed by atoms with E-state index in [1.807, 2.05) is 6.92 Å². The van der Waals surface area contributed by atoms with Gasteiger partial charge in [-0.15, -0.1) is 5.10 Å². The normalized spacial score (nSPS) is 10.8. The van der Waals surface area contributed by atoms with E-state index < -0.39 is 5.91 Å². The molecule has 9 nitrogen and oxygen atoms in total. The van der Waals surface area contributed by atoms with Crippen LogP contribution in [0.5, 0.6) is 0 Å². The summed E-state index contributed by atoms with van der Waals surface area (Å²) >= 11 is 0. The highest BCUT2D eigenvalue weighted by Gasteiger charge is 2.16. The number of anilines is 1. The van der Waals surface area contributed by atoms with E-state index in [-0.39, 0.29) is 17.6 Å². The monoisotopic (exact) mass is 287 g/mol. The Kier molecular flexibility index (Phi) is 3.22. The van der Waals surface area contributed by atoms with E-state index >= 15 is 0 Å². The molecule has 0 atom stereocenters. The molecule has 3 rings (SSSR count). The first kappa shape index (κ1) is 13.0. The van der Waals surface area contributed by atoms with Crippen molar-refractivity contribution in [2.24, 2.45) is 7.05 Å². The zero-order valence-electron chi connectivity index (χ0n) is 11.5. The maximum absolute atomic E-state index is 12.0. The van der Waals surface area contributed by atoms with Crippen LogP contribution in [0, 0.1) is 0 Å². The van der Waals surface area contributed by atoms with Gasteiger partial charge in [0.2, 0.25) is 0 Å². The Morgan fingerprint density at radius 3 is 2.90 bits per heavy atom. The lowest BCUT2D eigenvalue weighted by molar-refractivity contribution is 0.101. The van der Waals surface area contributed by atoms with Gasteiger partial charge in [-0.2, -0.15) is 10.2 Å². The second kappa shape index (κ2) is 5.19. The Balaban J connectivity index is 1.75. The molecular formula is C12H13N7O2. The average molecular weight is 287 g/mol. The van der Waals surface area contributed by atoms with Crippen LogP contribution in [0.4, 0.5) is 6.01 Å². The molecule has 0 spiro atoms. The van der Waals surface area contributed by atoms with E-state index in [0.29, 0.717) is 12.2 Å². The smallest absolute Gasteiger partial charge is 0.322 e. The second-order valence-corrected chi connectivity index (χ2v) is 4.26. The molecule has 0 aromatic carbocycles. The van der Waals surface area contributed by atoms with Crippen molar-refractivity contribution in [1.29, 1.82) is 0 Å². The molecule has 0 unspecified atom stereocenters. The fourth-order valence-corrected chi connectivity index (χ4v) is 1.78. The minimum atomic E-state index is -0.401. The van der Waals surface area contributed by atoms with E-state index in [0.717, 1.165) is 0 Å². The molecule has 0 aliphatic rings. The molecule has 0 aliphatic heterocycles. The number of nitrogens with one attached hydrogen (secondary N) is 1. The first-order valence-electron chi connectivity index (χ1n) is 6.34. The first-order valence-corrected chi connectivity index (χ1v) is 6.34. The van der Waals surface area contributed by atoms with E-state index in [1.165, 1.54) is 0 Å². The lowest BCUT2D eigenvalue weighted by atomic mass is 10.4. The Morgan fingerprint density at radius 1 is 1.38 bits per heavy atom. The summed E-state index contributed by atoms with van der Waals surface area (Å²) in [6, 6.07) is 3.38. The van der Waals surface area contributed by atoms with Crippen LogP contribution in [0.1, 0.15) is 17.4 Å². The third-order valence-corrected chi connectivity index (χ3v) is 2.88. The fraction of sp³-hybridized carbons (Fsp3) is 0.250. The number of hydrogen-bond donors (Lipinski definition) is 1. The summed E-state index contributed by atoms with van der Waals surface area (Å²) < 4.78 is 8.64. The summed E-state index contributed by atoms with van der Waals surface area (Å²) in [5.74, 6) is -0.119. The molecule has 3 aromatic rings. The van der Waals surface area contributed by atoms with Gasteiger partial charge in [-0.1, -0.05) is 5.10 Å². The zero-order valence-corrected chi connectivity index (χ0v) is 11.5. The van der Waals surface area contributed by atoms with Crippen molar-refractivity contribution in [2.75, 3.05) is 5.32 Å². The van der Waals surface area contributed by atoms with Crippen molar-refractivity contribution < 1.29 is 9.21 Å². The van der Waals surface area contributed by atoms with Crippen molar-refractivity contribution in [3.05, 3.63) is 30.2 Å². The molecule has 21 heavy (non-hydrogen) atoms. The molecule has 3 aromatic heterocycles. The second-order valence-electron chi connectivity index (χ2n) is 4.26. The number of rotatable bonds is 4. The van der Waals surface area contributed by atoms with Crippen LogP contribution >= 0.6 is 0 Å². The molecular weight excluding hydrogens is 274 g/mol. The highest BCUT2D eigenvalue weighted by molar-refractivity contribution is 6.01. The summed E-state index contributed by atoms with van der Waals surface area (Å²) in [5.41, 5.74) is 0.954. The van der Waals surface area contributed by atoms with Crippen LogP contribution in [-0.2, 0) is 13.6 Å². The molecule has 0 radical (unpaired) electrons. The molecule has 1 amide bonds. The van der Waals surface area contributed by atoms with Gasteiger partial charge in [0.15, 0.2) is 5.69 Å². The van der Waals surface area contributed by atoms with Crippen molar-refractivity contribution in [3.63, 3.8) is 0 Å². The topological polar surface area (TPSA) is 104 Å². The van der Waals surface area contributed by atoms with Crippen LogP contribution in [0.2, 0.25) is 0 Å². The van der Waals surface area contributed by atoms with Crippen LogP contribution in [-0.4, -0.2) is 35.7 Å². The van der Waals surface area contributed by atoms with E-state index in [4.69, 9.17) is 4.42 Å². The van der Waals surface area contributed by atoms with Crippen LogP contribution in [0.15, 0.2) is 28.9 Å². The Morgan fingerprint density at radius 2 is 2.24 bits per heavy atom. The van der Waals surface area contributed by atoms with E-state index in [9.17, 15) is 4.79 Å². The minimum Gasteiger partial charge on any atom is -0.401 e. The number of amides is 1. The number of hydrogen-bond acceptors (Lipinski definition) is 6. The number of aryl methyl sites for hydroxylation is 2. The third-order valence-electron chi connectivity index (χ3n) is 2.88. The van der Waals surface area contributed by atoms with Crippen molar-refractivity contribution in [2.45, 2.75) is 13.5 Å². The summed E-state index contributed by atoms with van der Waals surface area (Å²) in [7, 11) is 1.76. The van der Waals surface area contributed by atoms with Gasteiger partial charge in [-0.05, 0) is 19.1 Å². The van der Waals surface area contributed by atoms with Gasteiger partial charge in [0.1, 0.15) is 5.69 Å². The van der Waals surface area contributed by atoms with Gasteiger partial charge in [-0.3, -0.25) is 19.5 Å². The first-order chi connectivity index (χ1) is 10.2. The molecule has 0 saturated heterocycles. The Labute approximate surface area is 119 Å². The minimum absolute atomic E-state index is 0.0160.